The van der Waals surface area contributed by atoms with Gasteiger partial charge in [-0.1, -0.05) is 71.7 Å². The molecule has 0 aliphatic carbocycles. The van der Waals surface area contributed by atoms with E-state index in [1.54, 1.807) is 6.07 Å². The number of rotatable bonds is 7. The van der Waals surface area contributed by atoms with E-state index >= 15 is 0 Å². The third kappa shape index (κ3) is 4.92. The summed E-state index contributed by atoms with van der Waals surface area (Å²) >= 11 is 12.3. The molecule has 138 valence electrons. The molecule has 0 spiro atoms. The molecule has 0 bridgehead atoms. The molecule has 4 heteroatoms. The van der Waals surface area contributed by atoms with Gasteiger partial charge in [-0.3, -0.25) is 0 Å². The third-order valence-corrected chi connectivity index (χ3v) is 5.07. The molecule has 0 heterocycles. The van der Waals surface area contributed by atoms with Gasteiger partial charge in [0.1, 0.15) is 5.75 Å². The molecule has 2 nitrogen and oxygen atoms in total. The molecule has 0 aliphatic heterocycles. The minimum absolute atomic E-state index is 0.00395. The number of aromatic hydroxyl groups is 1. The quantitative estimate of drug-likeness (QED) is 0.445. The monoisotopic (exact) mass is 397 g/mol. The number of nitrogens with one attached hydrogen (secondary N) is 1. The van der Waals surface area contributed by atoms with E-state index in [2.05, 4.69) is 11.9 Å². The van der Waals surface area contributed by atoms with Gasteiger partial charge in [-0.05, 0) is 41.5 Å². The zero-order chi connectivity index (χ0) is 19.2. The second-order valence-electron chi connectivity index (χ2n) is 6.36. The van der Waals surface area contributed by atoms with Crippen molar-refractivity contribution < 1.29 is 5.11 Å². The van der Waals surface area contributed by atoms with Crippen LogP contribution < -0.4 is 5.32 Å². The Labute approximate surface area is 170 Å². The van der Waals surface area contributed by atoms with E-state index in [1.165, 1.54) is 0 Å². The van der Waals surface area contributed by atoms with Gasteiger partial charge in [0.05, 0.1) is 0 Å². The number of phenols is 1. The van der Waals surface area contributed by atoms with Crippen LogP contribution in [0.4, 0.5) is 0 Å². The van der Waals surface area contributed by atoms with Gasteiger partial charge in [0.15, 0.2) is 0 Å². The maximum absolute atomic E-state index is 10.1. The maximum Gasteiger partial charge on any atom is 0.120 e. The van der Waals surface area contributed by atoms with E-state index in [9.17, 15) is 5.11 Å². The highest BCUT2D eigenvalue weighted by atomic mass is 35.5. The van der Waals surface area contributed by atoms with Gasteiger partial charge in [0.25, 0.3) is 0 Å². The van der Waals surface area contributed by atoms with Crippen LogP contribution in [0.1, 0.15) is 28.7 Å². The van der Waals surface area contributed by atoms with Gasteiger partial charge in [-0.15, -0.1) is 6.58 Å². The zero-order valence-corrected chi connectivity index (χ0v) is 16.3. The molecule has 2 unspecified atom stereocenters. The van der Waals surface area contributed by atoms with Crippen LogP contribution in [-0.4, -0.2) is 5.11 Å². The number of hydrogen-bond acceptors (Lipinski definition) is 2. The molecule has 3 rings (SSSR count). The Hall–Kier alpha value is -2.26. The first-order valence-electron chi connectivity index (χ1n) is 8.72. The SMILES string of the molecule is C=CC(c1cccc(Cl)c1)C(NCc1ccccc1O)c1ccc(Cl)cc1. The van der Waals surface area contributed by atoms with Gasteiger partial charge in [0, 0.05) is 34.1 Å². The summed E-state index contributed by atoms with van der Waals surface area (Å²) in [5.74, 6) is 0.272. The van der Waals surface area contributed by atoms with E-state index in [0.29, 0.717) is 16.6 Å². The Morgan fingerprint density at radius 2 is 1.63 bits per heavy atom. The molecule has 2 atom stereocenters. The maximum atomic E-state index is 10.1. The van der Waals surface area contributed by atoms with Gasteiger partial charge < -0.3 is 10.4 Å². The Morgan fingerprint density at radius 3 is 2.30 bits per heavy atom. The molecule has 27 heavy (non-hydrogen) atoms. The summed E-state index contributed by atoms with van der Waals surface area (Å²) in [6.45, 7) is 4.56. The fourth-order valence-electron chi connectivity index (χ4n) is 3.18. The normalized spacial score (nSPS) is 13.1. The minimum atomic E-state index is -0.0576. The predicted molar refractivity (Wildman–Crippen MR) is 114 cm³/mol. The zero-order valence-electron chi connectivity index (χ0n) is 14.8. The number of para-hydroxylation sites is 1. The van der Waals surface area contributed by atoms with Gasteiger partial charge in [0.2, 0.25) is 0 Å². The first-order chi connectivity index (χ1) is 13.1. The van der Waals surface area contributed by atoms with Crippen molar-refractivity contribution in [3.8, 4) is 5.75 Å². The Kier molecular flexibility index (Phi) is 6.57. The molecular weight excluding hydrogens is 377 g/mol. The van der Waals surface area contributed by atoms with Crippen LogP contribution in [0.2, 0.25) is 10.0 Å². The van der Waals surface area contributed by atoms with E-state index in [-0.39, 0.29) is 17.7 Å². The molecule has 0 aliphatic rings. The summed E-state index contributed by atoms with van der Waals surface area (Å²) in [5.41, 5.74) is 2.99. The van der Waals surface area contributed by atoms with Crippen LogP contribution in [0.25, 0.3) is 0 Å². The van der Waals surface area contributed by atoms with Crippen molar-refractivity contribution in [2.24, 2.45) is 0 Å². The summed E-state index contributed by atoms with van der Waals surface area (Å²) in [6, 6.07) is 22.8. The molecule has 0 saturated heterocycles. The van der Waals surface area contributed by atoms with Crippen molar-refractivity contribution in [3.05, 3.63) is 112 Å². The lowest BCUT2D eigenvalue weighted by Gasteiger charge is -2.27. The van der Waals surface area contributed by atoms with Crippen molar-refractivity contribution in [3.63, 3.8) is 0 Å². The Morgan fingerprint density at radius 1 is 0.889 bits per heavy atom. The average Bonchev–Trinajstić information content (AvgIpc) is 2.67. The van der Waals surface area contributed by atoms with Gasteiger partial charge in [-0.2, -0.15) is 0 Å². The van der Waals surface area contributed by atoms with Gasteiger partial charge >= 0.3 is 0 Å². The lowest BCUT2D eigenvalue weighted by atomic mass is 9.87. The topological polar surface area (TPSA) is 32.3 Å². The van der Waals surface area contributed by atoms with Crippen molar-refractivity contribution >= 4 is 23.2 Å². The largest absolute Gasteiger partial charge is 0.508 e. The Balaban J connectivity index is 1.94. The van der Waals surface area contributed by atoms with Crippen molar-refractivity contribution in [1.29, 1.82) is 0 Å². The first-order valence-corrected chi connectivity index (χ1v) is 9.48. The van der Waals surface area contributed by atoms with E-state index < -0.39 is 0 Å². The third-order valence-electron chi connectivity index (χ3n) is 4.58. The lowest BCUT2D eigenvalue weighted by Crippen LogP contribution is -2.26. The smallest absolute Gasteiger partial charge is 0.120 e. The lowest BCUT2D eigenvalue weighted by molar-refractivity contribution is 0.449. The predicted octanol–water partition coefficient (Wildman–Crippen LogP) is 6.50. The van der Waals surface area contributed by atoms with Crippen LogP contribution in [0.15, 0.2) is 85.5 Å². The number of hydrogen-bond donors (Lipinski definition) is 2. The summed E-state index contributed by atoms with van der Waals surface area (Å²) < 4.78 is 0. The van der Waals surface area contributed by atoms with E-state index in [4.69, 9.17) is 23.2 Å². The summed E-state index contributed by atoms with van der Waals surface area (Å²) in [7, 11) is 0. The van der Waals surface area contributed by atoms with Crippen LogP contribution in [0.3, 0.4) is 0 Å². The molecular formula is C23H21Cl2NO. The molecule has 0 aromatic heterocycles. The van der Waals surface area contributed by atoms with E-state index in [1.807, 2.05) is 72.8 Å². The van der Waals surface area contributed by atoms with Crippen LogP contribution >= 0.6 is 23.2 Å². The summed E-state index contributed by atoms with van der Waals surface area (Å²) in [6.07, 6.45) is 1.92. The molecule has 3 aromatic carbocycles. The molecule has 0 amide bonds. The standard InChI is InChI=1S/C23H21Cl2NO/c1-2-21(17-7-5-8-20(25)14-17)23(16-10-12-19(24)13-11-16)26-15-18-6-3-4-9-22(18)27/h2-14,21,23,26-27H,1,15H2. The van der Waals surface area contributed by atoms with Gasteiger partial charge in [-0.25, -0.2) is 0 Å². The van der Waals surface area contributed by atoms with Crippen LogP contribution in [0.5, 0.6) is 5.75 Å². The molecule has 0 fully saturated rings. The number of halogens is 2. The fourth-order valence-corrected chi connectivity index (χ4v) is 3.51. The second-order valence-corrected chi connectivity index (χ2v) is 7.23. The highest BCUT2D eigenvalue weighted by Crippen LogP contribution is 2.34. The highest BCUT2D eigenvalue weighted by molar-refractivity contribution is 6.30. The number of benzene rings is 3. The Bertz CT molecular complexity index is 908. The number of phenolic OH excluding ortho intramolecular Hbond substituents is 1. The minimum Gasteiger partial charge on any atom is -0.508 e. The fraction of sp³-hybridized carbons (Fsp3) is 0.130. The van der Waals surface area contributed by atoms with E-state index in [0.717, 1.165) is 16.7 Å². The van der Waals surface area contributed by atoms with Crippen molar-refractivity contribution in [2.45, 2.75) is 18.5 Å². The van der Waals surface area contributed by atoms with Crippen LogP contribution in [0, 0.1) is 0 Å². The molecule has 0 saturated carbocycles. The van der Waals surface area contributed by atoms with Crippen LogP contribution in [-0.2, 0) is 6.54 Å². The highest BCUT2D eigenvalue weighted by Gasteiger charge is 2.22. The van der Waals surface area contributed by atoms with Crippen molar-refractivity contribution in [1.82, 2.24) is 5.32 Å². The molecule has 2 N–H and O–H groups in total. The molecule has 0 radical (unpaired) electrons. The second kappa shape index (κ2) is 9.09. The summed E-state index contributed by atoms with van der Waals surface area (Å²) in [4.78, 5) is 0. The molecule has 3 aromatic rings. The summed E-state index contributed by atoms with van der Waals surface area (Å²) in [5, 5.41) is 15.0. The average molecular weight is 398 g/mol. The first kappa shape index (κ1) is 19.5. The van der Waals surface area contributed by atoms with Crippen molar-refractivity contribution in [2.75, 3.05) is 0 Å².